The van der Waals surface area contributed by atoms with Crippen LogP contribution < -0.4 is 5.73 Å². The molecule has 0 aliphatic carbocycles. The fraction of sp³-hybridized carbons (Fsp3) is 0.182. The van der Waals surface area contributed by atoms with Gasteiger partial charge in [0.05, 0.1) is 16.4 Å². The summed E-state index contributed by atoms with van der Waals surface area (Å²) in [5.74, 6) is 0.639. The van der Waals surface area contributed by atoms with E-state index < -0.39 is 0 Å². The summed E-state index contributed by atoms with van der Waals surface area (Å²) in [7, 11) is 0. The van der Waals surface area contributed by atoms with Crippen LogP contribution in [0, 0.1) is 13.8 Å². The van der Waals surface area contributed by atoms with Gasteiger partial charge in [-0.2, -0.15) is 5.10 Å². The maximum absolute atomic E-state index is 6.08. The number of aryl methyl sites for hydroxylation is 1. The van der Waals surface area contributed by atoms with E-state index in [0.717, 1.165) is 16.9 Å². The zero-order valence-corrected chi connectivity index (χ0v) is 9.42. The van der Waals surface area contributed by atoms with Crippen molar-refractivity contribution in [3.05, 3.63) is 40.5 Å². The number of anilines is 1. The molecule has 1 heterocycles. The van der Waals surface area contributed by atoms with Gasteiger partial charge in [0.25, 0.3) is 0 Å². The highest BCUT2D eigenvalue weighted by Gasteiger charge is 2.11. The van der Waals surface area contributed by atoms with Gasteiger partial charge in [-0.15, -0.1) is 0 Å². The number of hydrogen-bond acceptors (Lipinski definition) is 2. The Kier molecular flexibility index (Phi) is 2.40. The number of hydrogen-bond donors (Lipinski definition) is 1. The summed E-state index contributed by atoms with van der Waals surface area (Å²) in [6.45, 7) is 3.88. The first kappa shape index (κ1) is 10.1. The van der Waals surface area contributed by atoms with Gasteiger partial charge in [0.15, 0.2) is 0 Å². The van der Waals surface area contributed by atoms with Crippen molar-refractivity contribution in [1.82, 2.24) is 9.78 Å². The van der Waals surface area contributed by atoms with E-state index in [1.807, 2.05) is 38.1 Å². The van der Waals surface area contributed by atoms with Crippen LogP contribution in [0.1, 0.15) is 11.3 Å². The summed E-state index contributed by atoms with van der Waals surface area (Å²) in [4.78, 5) is 0. The minimum Gasteiger partial charge on any atom is -0.383 e. The number of rotatable bonds is 1. The van der Waals surface area contributed by atoms with Gasteiger partial charge >= 0.3 is 0 Å². The summed E-state index contributed by atoms with van der Waals surface area (Å²) in [5.41, 5.74) is 8.68. The maximum atomic E-state index is 6.08. The number of para-hydroxylation sites is 1. The van der Waals surface area contributed by atoms with E-state index in [1.54, 1.807) is 4.68 Å². The molecule has 78 valence electrons. The average molecular weight is 222 g/mol. The van der Waals surface area contributed by atoms with Crippen LogP contribution in [0.5, 0.6) is 0 Å². The Morgan fingerprint density at radius 1 is 1.27 bits per heavy atom. The van der Waals surface area contributed by atoms with Crippen molar-refractivity contribution in [3.63, 3.8) is 0 Å². The van der Waals surface area contributed by atoms with Crippen LogP contribution in [-0.2, 0) is 0 Å². The third-order valence-electron chi connectivity index (χ3n) is 2.49. The Balaban J connectivity index is 2.65. The van der Waals surface area contributed by atoms with Crippen LogP contribution in [0.2, 0.25) is 5.02 Å². The lowest BCUT2D eigenvalue weighted by atomic mass is 10.3. The van der Waals surface area contributed by atoms with Gasteiger partial charge in [-0.05, 0) is 26.0 Å². The van der Waals surface area contributed by atoms with Crippen molar-refractivity contribution in [1.29, 1.82) is 0 Å². The third kappa shape index (κ3) is 1.59. The molecular weight excluding hydrogens is 210 g/mol. The van der Waals surface area contributed by atoms with E-state index in [4.69, 9.17) is 17.3 Å². The zero-order chi connectivity index (χ0) is 11.0. The molecule has 0 unspecified atom stereocenters. The topological polar surface area (TPSA) is 43.8 Å². The quantitative estimate of drug-likeness (QED) is 0.805. The van der Waals surface area contributed by atoms with E-state index in [0.29, 0.717) is 10.8 Å². The van der Waals surface area contributed by atoms with E-state index in [9.17, 15) is 0 Å². The van der Waals surface area contributed by atoms with Crippen LogP contribution in [0.3, 0.4) is 0 Å². The molecule has 0 atom stereocenters. The molecule has 0 saturated carbocycles. The highest BCUT2D eigenvalue weighted by Crippen LogP contribution is 2.24. The predicted octanol–water partition coefficient (Wildman–Crippen LogP) is 2.72. The molecule has 0 saturated heterocycles. The fourth-order valence-corrected chi connectivity index (χ4v) is 1.65. The molecule has 2 N–H and O–H groups in total. The highest BCUT2D eigenvalue weighted by molar-refractivity contribution is 6.32. The first-order valence-corrected chi connectivity index (χ1v) is 5.05. The van der Waals surface area contributed by atoms with Crippen LogP contribution in [0.25, 0.3) is 5.69 Å². The lowest BCUT2D eigenvalue weighted by molar-refractivity contribution is 0.872. The Hall–Kier alpha value is -1.48. The summed E-state index contributed by atoms with van der Waals surface area (Å²) < 4.78 is 1.67. The second-order valence-corrected chi connectivity index (χ2v) is 3.87. The predicted molar refractivity (Wildman–Crippen MR) is 62.5 cm³/mol. The summed E-state index contributed by atoms with van der Waals surface area (Å²) >= 11 is 6.08. The van der Waals surface area contributed by atoms with E-state index >= 15 is 0 Å². The van der Waals surface area contributed by atoms with Crippen molar-refractivity contribution < 1.29 is 0 Å². The summed E-state index contributed by atoms with van der Waals surface area (Å²) in [6.07, 6.45) is 0. The molecule has 1 aromatic carbocycles. The van der Waals surface area contributed by atoms with Gasteiger partial charge < -0.3 is 5.73 Å². The van der Waals surface area contributed by atoms with Crippen molar-refractivity contribution in [2.24, 2.45) is 0 Å². The highest BCUT2D eigenvalue weighted by atomic mass is 35.5. The van der Waals surface area contributed by atoms with Crippen LogP contribution >= 0.6 is 11.6 Å². The van der Waals surface area contributed by atoms with Crippen molar-refractivity contribution in [3.8, 4) is 5.69 Å². The molecule has 1 aromatic heterocycles. The largest absolute Gasteiger partial charge is 0.383 e. The van der Waals surface area contributed by atoms with Crippen molar-refractivity contribution >= 4 is 17.4 Å². The SMILES string of the molecule is Cc1nn(-c2ccccc2Cl)c(N)c1C. The fourth-order valence-electron chi connectivity index (χ4n) is 1.43. The molecule has 2 rings (SSSR count). The number of benzene rings is 1. The van der Waals surface area contributed by atoms with Crippen molar-refractivity contribution in [2.75, 3.05) is 5.73 Å². The van der Waals surface area contributed by atoms with Crippen LogP contribution in [0.4, 0.5) is 5.82 Å². The number of halogens is 1. The molecule has 0 radical (unpaired) electrons. The minimum atomic E-state index is 0.639. The molecule has 0 amide bonds. The van der Waals surface area contributed by atoms with E-state index in [-0.39, 0.29) is 0 Å². The van der Waals surface area contributed by atoms with Gasteiger partial charge in [0, 0.05) is 5.56 Å². The molecule has 0 fully saturated rings. The summed E-state index contributed by atoms with van der Waals surface area (Å²) in [5, 5.41) is 4.99. The molecule has 4 heteroatoms. The Labute approximate surface area is 93.5 Å². The normalized spacial score (nSPS) is 10.6. The van der Waals surface area contributed by atoms with Gasteiger partial charge in [-0.25, -0.2) is 4.68 Å². The standard InChI is InChI=1S/C11H12ClN3/c1-7-8(2)14-15(11(7)13)10-6-4-3-5-9(10)12/h3-6H,13H2,1-2H3. The first-order chi connectivity index (χ1) is 7.11. The number of nitrogens with zero attached hydrogens (tertiary/aromatic N) is 2. The smallest absolute Gasteiger partial charge is 0.130 e. The number of nitrogen functional groups attached to an aromatic ring is 1. The molecule has 0 spiro atoms. The van der Waals surface area contributed by atoms with Gasteiger partial charge in [-0.1, -0.05) is 23.7 Å². The maximum Gasteiger partial charge on any atom is 0.130 e. The lowest BCUT2D eigenvalue weighted by Gasteiger charge is -2.05. The monoisotopic (exact) mass is 221 g/mol. The third-order valence-corrected chi connectivity index (χ3v) is 2.81. The molecule has 0 aliphatic rings. The molecule has 0 aliphatic heterocycles. The number of aromatic nitrogens is 2. The van der Waals surface area contributed by atoms with Crippen LogP contribution in [-0.4, -0.2) is 9.78 Å². The Bertz CT molecular complexity index is 503. The average Bonchev–Trinajstić information content (AvgIpc) is 2.47. The molecular formula is C11H12ClN3. The molecule has 0 bridgehead atoms. The number of nitrogens with two attached hydrogens (primary N) is 1. The van der Waals surface area contributed by atoms with Gasteiger partial charge in [0.2, 0.25) is 0 Å². The second-order valence-electron chi connectivity index (χ2n) is 3.46. The van der Waals surface area contributed by atoms with Crippen LogP contribution in [0.15, 0.2) is 24.3 Å². The first-order valence-electron chi connectivity index (χ1n) is 4.68. The minimum absolute atomic E-state index is 0.639. The van der Waals surface area contributed by atoms with E-state index in [1.165, 1.54) is 0 Å². The Morgan fingerprint density at radius 2 is 1.93 bits per heavy atom. The van der Waals surface area contributed by atoms with Crippen molar-refractivity contribution in [2.45, 2.75) is 13.8 Å². The molecule has 3 nitrogen and oxygen atoms in total. The van der Waals surface area contributed by atoms with E-state index in [2.05, 4.69) is 5.10 Å². The molecule has 2 aromatic rings. The second kappa shape index (κ2) is 3.59. The Morgan fingerprint density at radius 3 is 2.47 bits per heavy atom. The van der Waals surface area contributed by atoms with Gasteiger partial charge in [-0.3, -0.25) is 0 Å². The summed E-state index contributed by atoms with van der Waals surface area (Å²) in [6, 6.07) is 7.51. The lowest BCUT2D eigenvalue weighted by Crippen LogP contribution is -2.02. The molecule has 15 heavy (non-hydrogen) atoms. The zero-order valence-electron chi connectivity index (χ0n) is 8.66. The van der Waals surface area contributed by atoms with Gasteiger partial charge in [0.1, 0.15) is 5.82 Å².